The third-order valence-corrected chi connectivity index (χ3v) is 4.84. The molecule has 7 heteroatoms. The molecule has 0 spiro atoms. The lowest BCUT2D eigenvalue weighted by atomic mass is 10.1. The second-order valence-electron chi connectivity index (χ2n) is 4.61. The molecule has 0 unspecified atom stereocenters. The van der Waals surface area contributed by atoms with E-state index in [1.165, 1.54) is 37.6 Å². The summed E-state index contributed by atoms with van der Waals surface area (Å²) in [7, 11) is -3.48. The summed E-state index contributed by atoms with van der Waals surface area (Å²) in [4.78, 5) is 6.21. The van der Waals surface area contributed by atoms with E-state index in [0.717, 1.165) is 19.6 Å². The van der Waals surface area contributed by atoms with Crippen molar-refractivity contribution in [1.29, 1.82) is 0 Å². The number of rotatable bonds is 5. The van der Waals surface area contributed by atoms with Gasteiger partial charge in [0.05, 0.1) is 4.90 Å². The van der Waals surface area contributed by atoms with Gasteiger partial charge in [-0.2, -0.15) is 0 Å². The maximum absolute atomic E-state index is 12.0. The molecule has 0 aliphatic carbocycles. The van der Waals surface area contributed by atoms with Crippen LogP contribution in [0.4, 0.5) is 0 Å². The molecular weight excluding hydrogens is 286 g/mol. The number of halogens is 1. The highest BCUT2D eigenvalue weighted by Gasteiger charge is 2.15. The molecule has 0 amide bonds. The van der Waals surface area contributed by atoms with Gasteiger partial charge in [0.2, 0.25) is 10.0 Å². The quantitative estimate of drug-likeness (QED) is 0.837. The Morgan fingerprint density at radius 2 is 2.05 bits per heavy atom. The molecule has 1 aromatic heterocycles. The molecule has 0 bridgehead atoms. The van der Waals surface area contributed by atoms with Crippen LogP contribution in [0.5, 0.6) is 0 Å². The molecule has 1 saturated heterocycles. The highest BCUT2D eigenvalue weighted by atomic mass is 35.5. The van der Waals surface area contributed by atoms with Gasteiger partial charge in [-0.1, -0.05) is 18.0 Å². The van der Waals surface area contributed by atoms with Gasteiger partial charge in [-0.25, -0.2) is 18.1 Å². The standard InChI is InChI=1S/C12H18ClN3O2S/c13-12-10-11(4-5-14-12)19(17,18)15-6-9-16-7-2-1-3-8-16/h4-5,10,15H,1-3,6-9H2. The number of hydrogen-bond acceptors (Lipinski definition) is 4. The minimum absolute atomic E-state index is 0.158. The Balaban J connectivity index is 1.87. The van der Waals surface area contributed by atoms with Crippen molar-refractivity contribution in [3.05, 3.63) is 23.5 Å². The lowest BCUT2D eigenvalue weighted by Crippen LogP contribution is -2.37. The fourth-order valence-corrected chi connectivity index (χ4v) is 3.43. The highest BCUT2D eigenvalue weighted by molar-refractivity contribution is 7.89. The van der Waals surface area contributed by atoms with Crippen LogP contribution in [0.15, 0.2) is 23.2 Å². The smallest absolute Gasteiger partial charge is 0.240 e. The van der Waals surface area contributed by atoms with E-state index in [4.69, 9.17) is 11.6 Å². The first-order valence-corrected chi connectivity index (χ1v) is 8.28. The van der Waals surface area contributed by atoms with E-state index >= 15 is 0 Å². The van der Waals surface area contributed by atoms with Crippen molar-refractivity contribution in [1.82, 2.24) is 14.6 Å². The Kier molecular flexibility index (Phi) is 5.15. The van der Waals surface area contributed by atoms with Crippen molar-refractivity contribution >= 4 is 21.6 Å². The zero-order chi connectivity index (χ0) is 13.7. The van der Waals surface area contributed by atoms with E-state index in [-0.39, 0.29) is 10.0 Å². The zero-order valence-corrected chi connectivity index (χ0v) is 12.3. The molecule has 2 rings (SSSR count). The summed E-state index contributed by atoms with van der Waals surface area (Å²) in [6.45, 7) is 3.28. The lowest BCUT2D eigenvalue weighted by Gasteiger charge is -2.26. The van der Waals surface area contributed by atoms with E-state index in [1.807, 2.05) is 0 Å². The van der Waals surface area contributed by atoms with Gasteiger partial charge in [-0.05, 0) is 38.1 Å². The topological polar surface area (TPSA) is 62.3 Å². The van der Waals surface area contributed by atoms with Crippen LogP contribution in [0, 0.1) is 0 Å². The Morgan fingerprint density at radius 3 is 2.74 bits per heavy atom. The number of pyridine rings is 1. The van der Waals surface area contributed by atoms with E-state index in [2.05, 4.69) is 14.6 Å². The van der Waals surface area contributed by atoms with Crippen molar-refractivity contribution in [3.8, 4) is 0 Å². The minimum Gasteiger partial charge on any atom is -0.302 e. The first kappa shape index (κ1) is 14.7. The monoisotopic (exact) mass is 303 g/mol. The van der Waals surface area contributed by atoms with E-state index in [1.54, 1.807) is 0 Å². The Morgan fingerprint density at radius 1 is 1.32 bits per heavy atom. The summed E-state index contributed by atoms with van der Waals surface area (Å²) >= 11 is 5.70. The number of piperidine rings is 1. The van der Waals surface area contributed by atoms with Crippen molar-refractivity contribution in [2.75, 3.05) is 26.2 Å². The largest absolute Gasteiger partial charge is 0.302 e. The number of sulfonamides is 1. The average Bonchev–Trinajstić information content (AvgIpc) is 2.40. The van der Waals surface area contributed by atoms with Crippen LogP contribution in [0.25, 0.3) is 0 Å². The number of nitrogens with zero attached hydrogens (tertiary/aromatic N) is 2. The summed E-state index contributed by atoms with van der Waals surface area (Å²) in [5.74, 6) is 0. The van der Waals surface area contributed by atoms with Gasteiger partial charge in [0.1, 0.15) is 5.15 Å². The second-order valence-corrected chi connectivity index (χ2v) is 6.77. The van der Waals surface area contributed by atoms with Crippen molar-refractivity contribution in [3.63, 3.8) is 0 Å². The molecular formula is C12H18ClN3O2S. The average molecular weight is 304 g/mol. The van der Waals surface area contributed by atoms with Crippen molar-refractivity contribution in [2.45, 2.75) is 24.2 Å². The van der Waals surface area contributed by atoms with E-state index < -0.39 is 10.0 Å². The molecule has 0 radical (unpaired) electrons. The molecule has 2 heterocycles. The SMILES string of the molecule is O=S(=O)(NCCN1CCCCC1)c1ccnc(Cl)c1. The van der Waals surface area contributed by atoms with Crippen LogP contribution < -0.4 is 4.72 Å². The number of hydrogen-bond donors (Lipinski definition) is 1. The first-order chi connectivity index (χ1) is 9.08. The summed E-state index contributed by atoms with van der Waals surface area (Å²) in [5.41, 5.74) is 0. The van der Waals surface area contributed by atoms with Crippen LogP contribution >= 0.6 is 11.6 Å². The Hall–Kier alpha value is -0.690. The third-order valence-electron chi connectivity index (χ3n) is 3.18. The number of aromatic nitrogens is 1. The van der Waals surface area contributed by atoms with Crippen LogP contribution in [-0.2, 0) is 10.0 Å². The first-order valence-electron chi connectivity index (χ1n) is 6.41. The molecule has 1 fully saturated rings. The predicted octanol–water partition coefficient (Wildman–Crippen LogP) is 1.50. The summed E-state index contributed by atoms with van der Waals surface area (Å²) in [6.07, 6.45) is 5.07. The van der Waals surface area contributed by atoms with Gasteiger partial charge in [-0.3, -0.25) is 0 Å². The summed E-state index contributed by atoms with van der Waals surface area (Å²) < 4.78 is 26.6. The molecule has 19 heavy (non-hydrogen) atoms. The van der Waals surface area contributed by atoms with E-state index in [9.17, 15) is 8.42 Å². The van der Waals surface area contributed by atoms with Gasteiger partial charge < -0.3 is 4.90 Å². The van der Waals surface area contributed by atoms with Gasteiger partial charge in [0.25, 0.3) is 0 Å². The van der Waals surface area contributed by atoms with Crippen LogP contribution in [-0.4, -0.2) is 44.5 Å². The Labute approximate surface area is 119 Å². The highest BCUT2D eigenvalue weighted by Crippen LogP contribution is 2.12. The van der Waals surface area contributed by atoms with Crippen molar-refractivity contribution < 1.29 is 8.42 Å². The number of likely N-dealkylation sites (tertiary alicyclic amines) is 1. The van der Waals surface area contributed by atoms with Crippen molar-refractivity contribution in [2.24, 2.45) is 0 Å². The minimum atomic E-state index is -3.48. The van der Waals surface area contributed by atoms with E-state index in [0.29, 0.717) is 6.54 Å². The zero-order valence-electron chi connectivity index (χ0n) is 10.7. The predicted molar refractivity (Wildman–Crippen MR) is 74.7 cm³/mol. The van der Waals surface area contributed by atoms with Gasteiger partial charge in [-0.15, -0.1) is 0 Å². The fraction of sp³-hybridized carbons (Fsp3) is 0.583. The van der Waals surface area contributed by atoms with Gasteiger partial charge in [0.15, 0.2) is 0 Å². The van der Waals surface area contributed by atoms with Gasteiger partial charge >= 0.3 is 0 Å². The molecule has 0 saturated carbocycles. The molecule has 5 nitrogen and oxygen atoms in total. The molecule has 1 N–H and O–H groups in total. The second kappa shape index (κ2) is 6.65. The van der Waals surface area contributed by atoms with Crippen LogP contribution in [0.3, 0.4) is 0 Å². The van der Waals surface area contributed by atoms with Crippen LogP contribution in [0.1, 0.15) is 19.3 Å². The molecule has 1 aliphatic rings. The number of nitrogens with one attached hydrogen (secondary N) is 1. The van der Waals surface area contributed by atoms with Gasteiger partial charge in [0, 0.05) is 19.3 Å². The fourth-order valence-electron chi connectivity index (χ4n) is 2.16. The van der Waals surface area contributed by atoms with Crippen LogP contribution in [0.2, 0.25) is 5.15 Å². The molecule has 1 aromatic rings. The lowest BCUT2D eigenvalue weighted by molar-refractivity contribution is 0.233. The summed E-state index contributed by atoms with van der Waals surface area (Å²) in [5, 5.41) is 0.180. The maximum atomic E-state index is 12.0. The normalized spacial score (nSPS) is 17.5. The molecule has 0 aromatic carbocycles. The Bertz CT molecular complexity index is 515. The maximum Gasteiger partial charge on any atom is 0.240 e. The third kappa shape index (κ3) is 4.42. The molecule has 1 aliphatic heterocycles. The molecule has 0 atom stereocenters. The molecule has 106 valence electrons. The summed E-state index contributed by atoms with van der Waals surface area (Å²) in [6, 6.07) is 2.79.